The van der Waals surface area contributed by atoms with Crippen molar-refractivity contribution < 1.29 is 4.39 Å². The van der Waals surface area contributed by atoms with E-state index in [0.29, 0.717) is 17.5 Å². The monoisotopic (exact) mass is 285 g/mol. The van der Waals surface area contributed by atoms with Gasteiger partial charge in [-0.2, -0.15) is 0 Å². The Morgan fingerprint density at radius 1 is 1.05 bits per heavy atom. The van der Waals surface area contributed by atoms with Gasteiger partial charge in [-0.3, -0.25) is 0 Å². The fraction of sp³-hybridized carbons (Fsp3) is 0.368. The van der Waals surface area contributed by atoms with E-state index in [-0.39, 0.29) is 5.82 Å². The van der Waals surface area contributed by atoms with Crippen molar-refractivity contribution in [1.82, 2.24) is 5.32 Å². The topological polar surface area (TPSA) is 12.0 Å². The highest BCUT2D eigenvalue weighted by Gasteiger charge is 2.13. The van der Waals surface area contributed by atoms with Crippen molar-refractivity contribution in [1.29, 1.82) is 0 Å². The third-order valence-corrected chi connectivity index (χ3v) is 3.76. The smallest absolute Gasteiger partial charge is 0.126 e. The Balaban J connectivity index is 2.17. The van der Waals surface area contributed by atoms with Crippen molar-refractivity contribution in [2.45, 2.75) is 39.2 Å². The lowest BCUT2D eigenvalue weighted by molar-refractivity contribution is 0.525. The van der Waals surface area contributed by atoms with Crippen molar-refractivity contribution >= 4 is 0 Å². The number of benzene rings is 2. The molecule has 0 fully saturated rings. The number of rotatable bonds is 6. The molecule has 0 aliphatic rings. The maximum absolute atomic E-state index is 13.7. The van der Waals surface area contributed by atoms with E-state index in [4.69, 9.17) is 0 Å². The van der Waals surface area contributed by atoms with Crippen LogP contribution in [-0.4, -0.2) is 12.6 Å². The number of hydrogen-bond acceptors (Lipinski definition) is 1. The first-order valence-electron chi connectivity index (χ1n) is 7.59. The number of hydrogen-bond donors (Lipinski definition) is 1. The van der Waals surface area contributed by atoms with Gasteiger partial charge in [0.15, 0.2) is 0 Å². The first kappa shape index (κ1) is 15.7. The molecule has 0 amide bonds. The number of aryl methyl sites for hydroxylation is 1. The van der Waals surface area contributed by atoms with Crippen molar-refractivity contribution in [2.24, 2.45) is 0 Å². The van der Waals surface area contributed by atoms with E-state index >= 15 is 0 Å². The molecule has 0 aliphatic heterocycles. The summed E-state index contributed by atoms with van der Waals surface area (Å²) >= 11 is 0. The van der Waals surface area contributed by atoms with Gasteiger partial charge in [-0.05, 0) is 36.1 Å². The Bertz CT molecular complexity index is 563. The highest BCUT2D eigenvalue weighted by Crippen LogP contribution is 2.21. The Morgan fingerprint density at radius 2 is 1.76 bits per heavy atom. The average Bonchev–Trinajstić information content (AvgIpc) is 2.48. The Morgan fingerprint density at radius 3 is 2.38 bits per heavy atom. The summed E-state index contributed by atoms with van der Waals surface area (Å²) in [6.07, 6.45) is 0.848. The van der Waals surface area contributed by atoms with Crippen LogP contribution in [0.3, 0.4) is 0 Å². The molecule has 1 N–H and O–H groups in total. The molecular weight excluding hydrogens is 261 g/mol. The summed E-state index contributed by atoms with van der Waals surface area (Å²) in [5, 5.41) is 3.50. The third kappa shape index (κ3) is 4.68. The second-order valence-corrected chi connectivity index (χ2v) is 5.96. The molecule has 0 spiro atoms. The molecule has 0 bridgehead atoms. The zero-order valence-electron chi connectivity index (χ0n) is 13.1. The standard InChI is InChI=1S/C19H24FN/c1-14(2)21-13-18(17-7-5-4-6-8-17)11-16-10-9-15(3)19(20)12-16/h4-10,12,14,18,21H,11,13H2,1-3H3. The predicted molar refractivity (Wildman–Crippen MR) is 87.2 cm³/mol. The summed E-state index contributed by atoms with van der Waals surface area (Å²) in [4.78, 5) is 0. The normalized spacial score (nSPS) is 12.6. The molecule has 0 radical (unpaired) electrons. The van der Waals surface area contributed by atoms with E-state index in [0.717, 1.165) is 18.5 Å². The van der Waals surface area contributed by atoms with Gasteiger partial charge < -0.3 is 5.32 Å². The van der Waals surface area contributed by atoms with Crippen molar-refractivity contribution in [3.8, 4) is 0 Å². The maximum Gasteiger partial charge on any atom is 0.126 e. The molecule has 0 aliphatic carbocycles. The highest BCUT2D eigenvalue weighted by atomic mass is 19.1. The minimum atomic E-state index is -0.115. The summed E-state index contributed by atoms with van der Waals surface area (Å²) < 4.78 is 13.7. The minimum absolute atomic E-state index is 0.115. The summed E-state index contributed by atoms with van der Waals surface area (Å²) in [6.45, 7) is 6.99. The molecule has 1 atom stereocenters. The van der Waals surface area contributed by atoms with Crippen LogP contribution in [0.2, 0.25) is 0 Å². The van der Waals surface area contributed by atoms with E-state index in [2.05, 4.69) is 43.4 Å². The van der Waals surface area contributed by atoms with Gasteiger partial charge in [0.2, 0.25) is 0 Å². The van der Waals surface area contributed by atoms with Gasteiger partial charge in [0.25, 0.3) is 0 Å². The van der Waals surface area contributed by atoms with Crippen LogP contribution in [0, 0.1) is 12.7 Å². The summed E-state index contributed by atoms with van der Waals surface area (Å²) in [7, 11) is 0. The SMILES string of the molecule is Cc1ccc(CC(CNC(C)C)c2ccccc2)cc1F. The molecule has 1 nitrogen and oxygen atoms in total. The van der Waals surface area contributed by atoms with E-state index in [1.165, 1.54) is 5.56 Å². The molecule has 21 heavy (non-hydrogen) atoms. The fourth-order valence-electron chi connectivity index (χ4n) is 2.46. The molecule has 1 unspecified atom stereocenters. The van der Waals surface area contributed by atoms with E-state index in [9.17, 15) is 4.39 Å². The summed E-state index contributed by atoms with van der Waals surface area (Å²) in [6, 6.07) is 16.5. The minimum Gasteiger partial charge on any atom is -0.314 e. The van der Waals surface area contributed by atoms with Crippen molar-refractivity contribution in [3.05, 3.63) is 71.0 Å². The van der Waals surface area contributed by atoms with Gasteiger partial charge in [-0.15, -0.1) is 0 Å². The maximum atomic E-state index is 13.7. The van der Waals surface area contributed by atoms with Crippen LogP contribution in [0.25, 0.3) is 0 Å². The molecule has 2 rings (SSSR count). The fourth-order valence-corrected chi connectivity index (χ4v) is 2.46. The third-order valence-electron chi connectivity index (χ3n) is 3.76. The van der Waals surface area contributed by atoms with Gasteiger partial charge >= 0.3 is 0 Å². The van der Waals surface area contributed by atoms with Gasteiger partial charge in [-0.25, -0.2) is 4.39 Å². The van der Waals surface area contributed by atoms with Crippen LogP contribution in [-0.2, 0) is 6.42 Å². The van der Waals surface area contributed by atoms with Crippen LogP contribution in [0.1, 0.15) is 36.5 Å². The van der Waals surface area contributed by atoms with Crippen LogP contribution in [0.15, 0.2) is 48.5 Å². The predicted octanol–water partition coefficient (Wildman–Crippen LogP) is 4.46. The molecule has 2 aromatic rings. The molecule has 0 heterocycles. The average molecular weight is 285 g/mol. The van der Waals surface area contributed by atoms with Crippen LogP contribution < -0.4 is 5.32 Å². The molecule has 0 aromatic heterocycles. The lowest BCUT2D eigenvalue weighted by atomic mass is 9.91. The van der Waals surface area contributed by atoms with E-state index in [1.54, 1.807) is 13.0 Å². The first-order chi connectivity index (χ1) is 10.1. The molecule has 2 aromatic carbocycles. The molecular formula is C19H24FN. The zero-order chi connectivity index (χ0) is 15.2. The molecule has 0 saturated heterocycles. The van der Waals surface area contributed by atoms with Crippen LogP contribution in [0.5, 0.6) is 0 Å². The van der Waals surface area contributed by atoms with E-state index in [1.807, 2.05) is 18.2 Å². The Kier molecular flexibility index (Phi) is 5.51. The largest absolute Gasteiger partial charge is 0.314 e. The van der Waals surface area contributed by atoms with Gasteiger partial charge in [-0.1, -0.05) is 56.3 Å². The van der Waals surface area contributed by atoms with Crippen LogP contribution >= 0.6 is 0 Å². The molecule has 0 saturated carbocycles. The van der Waals surface area contributed by atoms with Gasteiger partial charge in [0, 0.05) is 18.5 Å². The van der Waals surface area contributed by atoms with Crippen molar-refractivity contribution in [2.75, 3.05) is 6.54 Å². The van der Waals surface area contributed by atoms with Gasteiger partial charge in [0.05, 0.1) is 0 Å². The number of nitrogens with one attached hydrogen (secondary N) is 1. The zero-order valence-corrected chi connectivity index (χ0v) is 13.1. The quantitative estimate of drug-likeness (QED) is 0.826. The van der Waals surface area contributed by atoms with E-state index < -0.39 is 0 Å². The second-order valence-electron chi connectivity index (χ2n) is 5.96. The summed E-state index contributed by atoms with van der Waals surface area (Å²) in [5.74, 6) is 0.242. The molecule has 112 valence electrons. The van der Waals surface area contributed by atoms with Crippen molar-refractivity contribution in [3.63, 3.8) is 0 Å². The van der Waals surface area contributed by atoms with Crippen LogP contribution in [0.4, 0.5) is 4.39 Å². The Hall–Kier alpha value is -1.67. The van der Waals surface area contributed by atoms with Gasteiger partial charge in [0.1, 0.15) is 5.82 Å². The summed E-state index contributed by atoms with van der Waals surface area (Å²) in [5.41, 5.74) is 3.06. The molecule has 2 heteroatoms. The Labute approximate surface area is 127 Å². The number of halogens is 1. The first-order valence-corrected chi connectivity index (χ1v) is 7.59. The second kappa shape index (κ2) is 7.37. The highest BCUT2D eigenvalue weighted by molar-refractivity contribution is 5.27. The lowest BCUT2D eigenvalue weighted by Crippen LogP contribution is -2.29. The lowest BCUT2D eigenvalue weighted by Gasteiger charge is -2.20.